The summed E-state index contributed by atoms with van der Waals surface area (Å²) >= 11 is 0. The van der Waals surface area contributed by atoms with Crippen LogP contribution in [0.3, 0.4) is 0 Å². The van der Waals surface area contributed by atoms with Gasteiger partial charge in [0.05, 0.1) is 12.7 Å². The summed E-state index contributed by atoms with van der Waals surface area (Å²) < 4.78 is 5.17. The second kappa shape index (κ2) is 5.84. The van der Waals surface area contributed by atoms with Gasteiger partial charge in [-0.25, -0.2) is 4.98 Å². The minimum atomic E-state index is -0.813. The van der Waals surface area contributed by atoms with Crippen molar-refractivity contribution < 1.29 is 9.84 Å². The molecule has 0 spiro atoms. The van der Waals surface area contributed by atoms with Crippen LogP contribution in [0.25, 0.3) is 0 Å². The lowest BCUT2D eigenvalue weighted by atomic mass is 10.1. The van der Waals surface area contributed by atoms with Gasteiger partial charge in [0.2, 0.25) is 0 Å². The Morgan fingerprint density at radius 3 is 2.82 bits per heavy atom. The maximum Gasteiger partial charge on any atom is 0.168 e. The molecule has 0 fully saturated rings. The first kappa shape index (κ1) is 13.7. The highest BCUT2D eigenvalue weighted by atomic mass is 16.5. The third kappa shape index (κ3) is 4.58. The Morgan fingerprint density at radius 2 is 2.24 bits per heavy atom. The maximum atomic E-state index is 10.1. The largest absolute Gasteiger partial charge is 0.493 e. The van der Waals surface area contributed by atoms with E-state index in [9.17, 15) is 5.11 Å². The molecule has 1 aromatic rings. The molecule has 1 heterocycles. The lowest BCUT2D eigenvalue weighted by Gasteiger charge is -2.27. The molecule has 1 unspecified atom stereocenters. The third-order valence-corrected chi connectivity index (χ3v) is 2.28. The highest BCUT2D eigenvalue weighted by Crippen LogP contribution is 2.20. The molecule has 0 amide bonds. The van der Waals surface area contributed by atoms with E-state index in [-0.39, 0.29) is 0 Å². The van der Waals surface area contributed by atoms with E-state index < -0.39 is 5.60 Å². The topological polar surface area (TPSA) is 57.6 Å². The molecule has 5 nitrogen and oxygen atoms in total. The molecule has 0 bridgehead atoms. The average Bonchev–Trinajstić information content (AvgIpc) is 2.25. The van der Waals surface area contributed by atoms with Crippen LogP contribution in [0.15, 0.2) is 18.3 Å². The Bertz CT molecular complexity index is 353. The van der Waals surface area contributed by atoms with Crippen molar-refractivity contribution in [3.8, 4) is 5.75 Å². The summed E-state index contributed by atoms with van der Waals surface area (Å²) in [5.41, 5.74) is -0.813. The van der Waals surface area contributed by atoms with Crippen LogP contribution in [-0.2, 0) is 0 Å². The number of hydrogen-bond donors (Lipinski definition) is 2. The predicted octanol–water partition coefficient (Wildman–Crippen LogP) is 0.815. The highest BCUT2D eigenvalue weighted by Gasteiger charge is 2.21. The SMILES string of the molecule is COc1cccnc1NCC(C)(O)CN(C)C. The average molecular weight is 239 g/mol. The van der Waals surface area contributed by atoms with Crippen molar-refractivity contribution in [1.29, 1.82) is 0 Å². The second-order valence-electron chi connectivity index (χ2n) is 4.64. The van der Waals surface area contributed by atoms with Gasteiger partial charge in [-0.1, -0.05) is 0 Å². The van der Waals surface area contributed by atoms with Crippen molar-refractivity contribution in [2.24, 2.45) is 0 Å². The zero-order valence-electron chi connectivity index (χ0n) is 10.9. The van der Waals surface area contributed by atoms with Crippen molar-refractivity contribution in [3.63, 3.8) is 0 Å². The zero-order chi connectivity index (χ0) is 12.9. The number of aliphatic hydroxyl groups is 1. The summed E-state index contributed by atoms with van der Waals surface area (Å²) in [7, 11) is 5.45. The molecule has 0 aliphatic heterocycles. The lowest BCUT2D eigenvalue weighted by Crippen LogP contribution is -2.43. The van der Waals surface area contributed by atoms with Gasteiger partial charge >= 0.3 is 0 Å². The molecular formula is C12H21N3O2. The Morgan fingerprint density at radius 1 is 1.53 bits per heavy atom. The van der Waals surface area contributed by atoms with Crippen LogP contribution in [0.5, 0.6) is 5.75 Å². The molecule has 0 saturated heterocycles. The molecule has 96 valence electrons. The summed E-state index contributed by atoms with van der Waals surface area (Å²) in [6.45, 7) is 2.78. The first-order chi connectivity index (χ1) is 7.94. The van der Waals surface area contributed by atoms with Crippen LogP contribution in [0.4, 0.5) is 5.82 Å². The number of hydrogen-bond acceptors (Lipinski definition) is 5. The van der Waals surface area contributed by atoms with Crippen LogP contribution in [-0.4, -0.2) is 54.9 Å². The van der Waals surface area contributed by atoms with Crippen LogP contribution in [0.1, 0.15) is 6.92 Å². The molecule has 1 atom stereocenters. The van der Waals surface area contributed by atoms with Gasteiger partial charge < -0.3 is 20.1 Å². The normalized spacial score (nSPS) is 14.5. The van der Waals surface area contributed by atoms with E-state index in [4.69, 9.17) is 4.74 Å². The summed E-state index contributed by atoms with van der Waals surface area (Å²) in [6, 6.07) is 3.64. The number of nitrogens with zero attached hydrogens (tertiary/aromatic N) is 2. The first-order valence-electron chi connectivity index (χ1n) is 5.54. The van der Waals surface area contributed by atoms with Crippen molar-refractivity contribution in [2.75, 3.05) is 39.6 Å². The Hall–Kier alpha value is -1.33. The number of ether oxygens (including phenoxy) is 1. The summed E-state index contributed by atoms with van der Waals surface area (Å²) in [5.74, 6) is 1.32. The fraction of sp³-hybridized carbons (Fsp3) is 0.583. The van der Waals surface area contributed by atoms with E-state index in [1.54, 1.807) is 20.2 Å². The van der Waals surface area contributed by atoms with E-state index in [1.807, 2.05) is 31.1 Å². The maximum absolute atomic E-state index is 10.1. The molecule has 2 N–H and O–H groups in total. The lowest BCUT2D eigenvalue weighted by molar-refractivity contribution is 0.0459. The monoisotopic (exact) mass is 239 g/mol. The van der Waals surface area contributed by atoms with Crippen molar-refractivity contribution in [2.45, 2.75) is 12.5 Å². The highest BCUT2D eigenvalue weighted by molar-refractivity contribution is 5.49. The van der Waals surface area contributed by atoms with Crippen LogP contribution in [0.2, 0.25) is 0 Å². The molecule has 0 radical (unpaired) electrons. The molecular weight excluding hydrogens is 218 g/mol. The number of aromatic nitrogens is 1. The smallest absolute Gasteiger partial charge is 0.168 e. The fourth-order valence-corrected chi connectivity index (χ4v) is 1.70. The number of methoxy groups -OCH3 is 1. The molecule has 17 heavy (non-hydrogen) atoms. The number of anilines is 1. The van der Waals surface area contributed by atoms with Crippen molar-refractivity contribution in [3.05, 3.63) is 18.3 Å². The van der Waals surface area contributed by atoms with Gasteiger partial charge in [0, 0.05) is 19.3 Å². The molecule has 0 saturated carbocycles. The van der Waals surface area contributed by atoms with Crippen LogP contribution < -0.4 is 10.1 Å². The molecule has 1 aromatic heterocycles. The van der Waals surface area contributed by atoms with E-state index >= 15 is 0 Å². The fourth-order valence-electron chi connectivity index (χ4n) is 1.70. The minimum absolute atomic E-state index is 0.415. The molecule has 5 heteroatoms. The van der Waals surface area contributed by atoms with Gasteiger partial charge in [-0.2, -0.15) is 0 Å². The number of rotatable bonds is 6. The summed E-state index contributed by atoms with van der Waals surface area (Å²) in [6.07, 6.45) is 1.69. The number of likely N-dealkylation sites (N-methyl/N-ethyl adjacent to an activating group) is 1. The molecule has 1 rings (SSSR count). The standard InChI is InChI=1S/C12H21N3O2/c1-12(16,9-15(2)3)8-14-11-10(17-4)6-5-7-13-11/h5-7,16H,8-9H2,1-4H3,(H,13,14). The molecule has 0 aliphatic carbocycles. The number of pyridine rings is 1. The van der Waals surface area contributed by atoms with Crippen LogP contribution >= 0.6 is 0 Å². The minimum Gasteiger partial charge on any atom is -0.493 e. The van der Waals surface area contributed by atoms with E-state index in [1.165, 1.54) is 0 Å². The van der Waals surface area contributed by atoms with Gasteiger partial charge in [-0.05, 0) is 33.2 Å². The Balaban J connectivity index is 2.60. The van der Waals surface area contributed by atoms with Gasteiger partial charge in [0.15, 0.2) is 11.6 Å². The third-order valence-electron chi connectivity index (χ3n) is 2.28. The Kier molecular flexibility index (Phi) is 4.72. The second-order valence-corrected chi connectivity index (χ2v) is 4.64. The summed E-state index contributed by atoms with van der Waals surface area (Å²) in [4.78, 5) is 6.11. The quantitative estimate of drug-likeness (QED) is 0.769. The zero-order valence-corrected chi connectivity index (χ0v) is 10.9. The van der Waals surface area contributed by atoms with E-state index in [0.29, 0.717) is 24.7 Å². The van der Waals surface area contributed by atoms with E-state index in [0.717, 1.165) is 0 Å². The Labute approximate surface area is 102 Å². The first-order valence-corrected chi connectivity index (χ1v) is 5.54. The predicted molar refractivity (Wildman–Crippen MR) is 68.5 cm³/mol. The van der Waals surface area contributed by atoms with Crippen LogP contribution in [0, 0.1) is 0 Å². The van der Waals surface area contributed by atoms with Gasteiger partial charge in [0.1, 0.15) is 0 Å². The molecule has 0 aromatic carbocycles. The van der Waals surface area contributed by atoms with Gasteiger partial charge in [0.25, 0.3) is 0 Å². The van der Waals surface area contributed by atoms with Gasteiger partial charge in [-0.15, -0.1) is 0 Å². The molecule has 0 aliphatic rings. The van der Waals surface area contributed by atoms with E-state index in [2.05, 4.69) is 10.3 Å². The summed E-state index contributed by atoms with van der Waals surface area (Å²) in [5, 5.41) is 13.2. The number of nitrogens with one attached hydrogen (secondary N) is 1. The van der Waals surface area contributed by atoms with Crippen molar-refractivity contribution in [1.82, 2.24) is 9.88 Å². The van der Waals surface area contributed by atoms with Crippen molar-refractivity contribution >= 4 is 5.82 Å². The van der Waals surface area contributed by atoms with Gasteiger partial charge in [-0.3, -0.25) is 0 Å².